The third-order valence-corrected chi connectivity index (χ3v) is 2.91. The molecule has 0 saturated heterocycles. The topological polar surface area (TPSA) is 84.2 Å². The largest absolute Gasteiger partial charge is 0.386 e. The Kier molecular flexibility index (Phi) is 4.44. The molecule has 0 aliphatic heterocycles. The number of aryl methyl sites for hydroxylation is 1. The van der Waals surface area contributed by atoms with E-state index in [9.17, 15) is 19.1 Å². The van der Waals surface area contributed by atoms with Crippen molar-refractivity contribution in [3.8, 4) is 0 Å². The first-order valence-corrected chi connectivity index (χ1v) is 6.24. The second-order valence-corrected chi connectivity index (χ2v) is 4.43. The van der Waals surface area contributed by atoms with Crippen LogP contribution >= 0.6 is 0 Å². The first kappa shape index (κ1) is 14.9. The van der Waals surface area contributed by atoms with Crippen LogP contribution in [0.1, 0.15) is 22.2 Å². The lowest BCUT2D eigenvalue weighted by atomic mass is 10.1. The van der Waals surface area contributed by atoms with Gasteiger partial charge in [-0.1, -0.05) is 18.2 Å². The highest BCUT2D eigenvalue weighted by molar-refractivity contribution is 5.92. The van der Waals surface area contributed by atoms with Crippen LogP contribution in [-0.2, 0) is 7.05 Å². The Labute approximate surface area is 119 Å². The van der Waals surface area contributed by atoms with Gasteiger partial charge in [-0.25, -0.2) is 9.07 Å². The number of nitrogens with zero attached hydrogens (tertiary/aromatic N) is 2. The van der Waals surface area contributed by atoms with Gasteiger partial charge >= 0.3 is 0 Å². The molecule has 7 heteroatoms. The van der Waals surface area contributed by atoms with Crippen LogP contribution < -0.4 is 10.9 Å². The maximum absolute atomic E-state index is 13.5. The summed E-state index contributed by atoms with van der Waals surface area (Å²) in [6, 6.07) is 8.28. The van der Waals surface area contributed by atoms with Crippen molar-refractivity contribution in [3.05, 3.63) is 63.8 Å². The van der Waals surface area contributed by atoms with Crippen LogP contribution in [0.2, 0.25) is 0 Å². The molecule has 1 aromatic heterocycles. The summed E-state index contributed by atoms with van der Waals surface area (Å²) < 4.78 is 14.5. The van der Waals surface area contributed by atoms with Gasteiger partial charge in [-0.2, -0.15) is 5.10 Å². The van der Waals surface area contributed by atoms with Gasteiger partial charge in [0.05, 0.1) is 6.10 Å². The second-order valence-electron chi connectivity index (χ2n) is 4.43. The highest BCUT2D eigenvalue weighted by Crippen LogP contribution is 2.15. The van der Waals surface area contributed by atoms with E-state index in [2.05, 4.69) is 10.4 Å². The molecule has 0 fully saturated rings. The van der Waals surface area contributed by atoms with Crippen LogP contribution in [0.4, 0.5) is 4.39 Å². The van der Waals surface area contributed by atoms with Gasteiger partial charge in [0.15, 0.2) is 0 Å². The van der Waals surface area contributed by atoms with E-state index in [1.165, 1.54) is 37.4 Å². The van der Waals surface area contributed by atoms with Crippen molar-refractivity contribution >= 4 is 5.91 Å². The maximum Gasteiger partial charge on any atom is 0.271 e. The zero-order chi connectivity index (χ0) is 15.4. The minimum atomic E-state index is -1.16. The molecule has 0 saturated carbocycles. The minimum absolute atomic E-state index is 0.0397. The number of rotatable bonds is 4. The SMILES string of the molecule is Cn1nc(C(=O)NCC(O)c2ccccc2F)ccc1=O. The van der Waals surface area contributed by atoms with Gasteiger partial charge in [0.1, 0.15) is 11.5 Å². The molecule has 1 unspecified atom stereocenters. The number of aliphatic hydroxyl groups is 1. The van der Waals surface area contributed by atoms with Crippen molar-refractivity contribution < 1.29 is 14.3 Å². The number of benzene rings is 1. The van der Waals surface area contributed by atoms with Gasteiger partial charge < -0.3 is 10.4 Å². The summed E-state index contributed by atoms with van der Waals surface area (Å²) in [5, 5.41) is 16.1. The molecule has 1 heterocycles. The van der Waals surface area contributed by atoms with E-state index in [-0.39, 0.29) is 23.4 Å². The zero-order valence-electron chi connectivity index (χ0n) is 11.3. The number of nitrogens with one attached hydrogen (secondary N) is 1. The summed E-state index contributed by atoms with van der Waals surface area (Å²) in [5.41, 5.74) is -0.193. The lowest BCUT2D eigenvalue weighted by Crippen LogP contribution is -2.31. The molecule has 1 aromatic carbocycles. The average Bonchev–Trinajstić information content (AvgIpc) is 2.47. The predicted molar refractivity (Wildman–Crippen MR) is 73.2 cm³/mol. The van der Waals surface area contributed by atoms with Gasteiger partial charge in [0.2, 0.25) is 0 Å². The summed E-state index contributed by atoms with van der Waals surface area (Å²) in [6.07, 6.45) is -1.16. The fourth-order valence-corrected chi connectivity index (χ4v) is 1.76. The van der Waals surface area contributed by atoms with Gasteiger partial charge in [-0.3, -0.25) is 9.59 Å². The van der Waals surface area contributed by atoms with Crippen molar-refractivity contribution in [2.75, 3.05) is 6.54 Å². The van der Waals surface area contributed by atoms with Gasteiger partial charge in [0, 0.05) is 25.2 Å². The number of hydrogen-bond acceptors (Lipinski definition) is 4. The molecule has 0 aliphatic carbocycles. The Bertz CT molecular complexity index is 715. The van der Waals surface area contributed by atoms with Crippen molar-refractivity contribution in [1.82, 2.24) is 15.1 Å². The van der Waals surface area contributed by atoms with Gasteiger partial charge in [0.25, 0.3) is 11.5 Å². The number of carbonyl (C=O) groups is 1. The van der Waals surface area contributed by atoms with Crippen molar-refractivity contribution in [2.45, 2.75) is 6.10 Å². The van der Waals surface area contributed by atoms with E-state index < -0.39 is 17.8 Å². The smallest absolute Gasteiger partial charge is 0.271 e. The summed E-state index contributed by atoms with van der Waals surface area (Å²) in [7, 11) is 1.42. The third kappa shape index (κ3) is 3.51. The highest BCUT2D eigenvalue weighted by atomic mass is 19.1. The first-order chi connectivity index (χ1) is 9.99. The first-order valence-electron chi connectivity index (χ1n) is 6.24. The number of aliphatic hydroxyl groups excluding tert-OH is 1. The Morgan fingerprint density at radius 2 is 2.10 bits per heavy atom. The van der Waals surface area contributed by atoms with Crippen LogP contribution in [0.15, 0.2) is 41.2 Å². The molecular formula is C14H14FN3O3. The lowest BCUT2D eigenvalue weighted by molar-refractivity contribution is 0.0907. The van der Waals surface area contributed by atoms with Crippen molar-refractivity contribution in [2.24, 2.45) is 7.05 Å². The molecule has 21 heavy (non-hydrogen) atoms. The molecule has 0 spiro atoms. The molecule has 6 nitrogen and oxygen atoms in total. The fraction of sp³-hybridized carbons (Fsp3) is 0.214. The molecule has 1 atom stereocenters. The third-order valence-electron chi connectivity index (χ3n) is 2.91. The molecule has 0 radical (unpaired) electrons. The van der Waals surface area contributed by atoms with E-state index in [0.29, 0.717) is 0 Å². The van der Waals surface area contributed by atoms with Gasteiger partial charge in [-0.15, -0.1) is 0 Å². The Morgan fingerprint density at radius 1 is 1.38 bits per heavy atom. The van der Waals surface area contributed by atoms with Crippen LogP contribution in [0.5, 0.6) is 0 Å². The number of hydrogen-bond donors (Lipinski definition) is 2. The van der Waals surface area contributed by atoms with Crippen LogP contribution in [0, 0.1) is 5.82 Å². The van der Waals surface area contributed by atoms with Crippen molar-refractivity contribution in [3.63, 3.8) is 0 Å². The molecule has 0 aliphatic rings. The number of aromatic nitrogens is 2. The van der Waals surface area contributed by atoms with E-state index in [1.54, 1.807) is 6.07 Å². The van der Waals surface area contributed by atoms with E-state index >= 15 is 0 Å². The molecule has 2 aromatic rings. The van der Waals surface area contributed by atoms with E-state index in [4.69, 9.17) is 0 Å². The zero-order valence-corrected chi connectivity index (χ0v) is 11.3. The molecule has 0 bridgehead atoms. The van der Waals surface area contributed by atoms with Crippen LogP contribution in [-0.4, -0.2) is 27.3 Å². The molecule has 2 rings (SSSR count). The van der Waals surface area contributed by atoms with E-state index in [0.717, 1.165) is 4.68 Å². The fourth-order valence-electron chi connectivity index (χ4n) is 1.76. The number of halogens is 1. The normalized spacial score (nSPS) is 12.0. The summed E-state index contributed by atoms with van der Waals surface area (Å²) in [4.78, 5) is 23.0. The quantitative estimate of drug-likeness (QED) is 0.853. The average molecular weight is 291 g/mol. The Balaban J connectivity index is 2.02. The monoisotopic (exact) mass is 291 g/mol. The number of amides is 1. The molecule has 1 amide bonds. The minimum Gasteiger partial charge on any atom is -0.386 e. The lowest BCUT2D eigenvalue weighted by Gasteiger charge is -2.12. The predicted octanol–water partition coefficient (Wildman–Crippen LogP) is 0.383. The Hall–Kier alpha value is -2.54. The molecule has 2 N–H and O–H groups in total. The summed E-state index contributed by atoms with van der Waals surface area (Å²) >= 11 is 0. The summed E-state index contributed by atoms with van der Waals surface area (Å²) in [5.74, 6) is -1.10. The Morgan fingerprint density at radius 3 is 2.76 bits per heavy atom. The highest BCUT2D eigenvalue weighted by Gasteiger charge is 2.15. The van der Waals surface area contributed by atoms with E-state index in [1.807, 2.05) is 0 Å². The number of carbonyl (C=O) groups excluding carboxylic acids is 1. The van der Waals surface area contributed by atoms with Gasteiger partial charge in [-0.05, 0) is 12.1 Å². The van der Waals surface area contributed by atoms with Crippen LogP contribution in [0.25, 0.3) is 0 Å². The maximum atomic E-state index is 13.5. The molecule has 110 valence electrons. The second kappa shape index (κ2) is 6.27. The van der Waals surface area contributed by atoms with Crippen molar-refractivity contribution in [1.29, 1.82) is 0 Å². The molecular weight excluding hydrogens is 277 g/mol. The van der Waals surface area contributed by atoms with Crippen LogP contribution in [0.3, 0.4) is 0 Å². The summed E-state index contributed by atoms with van der Waals surface area (Å²) in [6.45, 7) is -0.162. The standard InChI is InChI=1S/C14H14FN3O3/c1-18-13(20)7-6-11(17-18)14(21)16-8-12(19)9-4-2-3-5-10(9)15/h2-7,12,19H,8H2,1H3,(H,16,21).